The normalized spacial score (nSPS) is 12.6. The third-order valence-corrected chi connectivity index (χ3v) is 2.40. The van der Waals surface area contributed by atoms with Gasteiger partial charge < -0.3 is 11.1 Å². The predicted octanol–water partition coefficient (Wildman–Crippen LogP) is 1.17. The molecule has 0 aromatic carbocycles. The summed E-state index contributed by atoms with van der Waals surface area (Å²) >= 11 is 0. The monoisotopic (exact) mass is 217 g/mol. The van der Waals surface area contributed by atoms with Gasteiger partial charge in [-0.3, -0.25) is 4.98 Å². The van der Waals surface area contributed by atoms with E-state index in [0.717, 1.165) is 24.3 Å². The van der Waals surface area contributed by atoms with E-state index >= 15 is 0 Å². The van der Waals surface area contributed by atoms with Gasteiger partial charge in [-0.25, -0.2) is 9.97 Å². The summed E-state index contributed by atoms with van der Waals surface area (Å²) < 4.78 is 0. The van der Waals surface area contributed by atoms with Crippen LogP contribution in [0.25, 0.3) is 11.2 Å². The Kier molecular flexibility index (Phi) is 3.26. The van der Waals surface area contributed by atoms with Crippen molar-refractivity contribution in [1.29, 1.82) is 0 Å². The zero-order valence-corrected chi connectivity index (χ0v) is 9.22. The summed E-state index contributed by atoms with van der Waals surface area (Å²) in [5, 5.41) is 3.18. The highest BCUT2D eigenvalue weighted by Gasteiger charge is 2.01. The first-order chi connectivity index (χ1) is 7.79. The molecule has 16 heavy (non-hydrogen) atoms. The molecule has 2 heterocycles. The topological polar surface area (TPSA) is 76.7 Å². The van der Waals surface area contributed by atoms with Gasteiger partial charge in [0.25, 0.3) is 0 Å². The molecule has 0 amide bonds. The van der Waals surface area contributed by atoms with E-state index in [-0.39, 0.29) is 6.04 Å². The summed E-state index contributed by atoms with van der Waals surface area (Å²) in [7, 11) is 0. The van der Waals surface area contributed by atoms with E-state index in [1.807, 2.05) is 12.1 Å². The van der Waals surface area contributed by atoms with Crippen molar-refractivity contribution in [3.05, 3.63) is 24.5 Å². The number of hydrogen-bond acceptors (Lipinski definition) is 5. The maximum atomic E-state index is 5.82. The van der Waals surface area contributed by atoms with Crippen molar-refractivity contribution in [1.82, 2.24) is 15.0 Å². The molecule has 0 radical (unpaired) electrons. The van der Waals surface area contributed by atoms with E-state index in [2.05, 4.69) is 27.2 Å². The van der Waals surface area contributed by atoms with Gasteiger partial charge in [-0.2, -0.15) is 0 Å². The van der Waals surface area contributed by atoms with Gasteiger partial charge in [0.15, 0.2) is 5.65 Å². The fourth-order valence-electron chi connectivity index (χ4n) is 1.33. The van der Waals surface area contributed by atoms with E-state index in [1.165, 1.54) is 0 Å². The van der Waals surface area contributed by atoms with Crippen LogP contribution >= 0.6 is 0 Å². The number of nitrogens with one attached hydrogen (secondary N) is 1. The van der Waals surface area contributed by atoms with Crippen LogP contribution in [0.2, 0.25) is 0 Å². The van der Waals surface area contributed by atoms with Gasteiger partial charge in [0.1, 0.15) is 11.3 Å². The molecule has 0 saturated carbocycles. The first-order valence-corrected chi connectivity index (χ1v) is 5.37. The van der Waals surface area contributed by atoms with Crippen molar-refractivity contribution >= 4 is 17.0 Å². The minimum Gasteiger partial charge on any atom is -0.368 e. The number of nitrogens with two attached hydrogens (primary N) is 1. The number of aromatic nitrogens is 3. The molecule has 5 heteroatoms. The molecule has 84 valence electrons. The van der Waals surface area contributed by atoms with Gasteiger partial charge in [-0.1, -0.05) is 6.92 Å². The lowest BCUT2D eigenvalue weighted by Gasteiger charge is -2.10. The van der Waals surface area contributed by atoms with Crippen LogP contribution in [0.3, 0.4) is 0 Å². The average molecular weight is 217 g/mol. The molecule has 3 N–H and O–H groups in total. The molecule has 0 aliphatic carbocycles. The second kappa shape index (κ2) is 4.85. The second-order valence-corrected chi connectivity index (χ2v) is 3.64. The number of fused-ring (bicyclic) bond motifs is 1. The highest BCUT2D eigenvalue weighted by Crippen LogP contribution is 2.09. The molecular weight excluding hydrogens is 202 g/mol. The molecule has 2 aromatic heterocycles. The number of anilines is 1. The van der Waals surface area contributed by atoms with Crippen LogP contribution in [0.15, 0.2) is 24.5 Å². The molecule has 1 atom stereocenters. The highest BCUT2D eigenvalue weighted by atomic mass is 15.0. The van der Waals surface area contributed by atoms with Gasteiger partial charge in [-0.05, 0) is 18.6 Å². The maximum absolute atomic E-state index is 5.82. The second-order valence-electron chi connectivity index (χ2n) is 3.64. The Labute approximate surface area is 94.1 Å². The molecular formula is C11H15N5. The third-order valence-electron chi connectivity index (χ3n) is 2.40. The molecule has 0 fully saturated rings. The molecule has 1 unspecified atom stereocenters. The van der Waals surface area contributed by atoms with Crippen molar-refractivity contribution < 1.29 is 0 Å². The predicted molar refractivity (Wildman–Crippen MR) is 64.1 cm³/mol. The Morgan fingerprint density at radius 2 is 2.12 bits per heavy atom. The summed E-state index contributed by atoms with van der Waals surface area (Å²) in [6, 6.07) is 3.94. The molecule has 0 spiro atoms. The summed E-state index contributed by atoms with van der Waals surface area (Å²) in [6.07, 6.45) is 4.24. The fraction of sp³-hybridized carbons (Fsp3) is 0.364. The maximum Gasteiger partial charge on any atom is 0.180 e. The van der Waals surface area contributed by atoms with Crippen molar-refractivity contribution in [2.75, 3.05) is 11.9 Å². The van der Waals surface area contributed by atoms with Crippen LogP contribution in [-0.4, -0.2) is 27.5 Å². The quantitative estimate of drug-likeness (QED) is 0.804. The first-order valence-electron chi connectivity index (χ1n) is 5.37. The Balaban J connectivity index is 2.13. The van der Waals surface area contributed by atoms with Crippen molar-refractivity contribution in [2.45, 2.75) is 19.4 Å². The zero-order chi connectivity index (χ0) is 11.4. The largest absolute Gasteiger partial charge is 0.368 e. The van der Waals surface area contributed by atoms with Crippen LogP contribution in [0.1, 0.15) is 13.3 Å². The van der Waals surface area contributed by atoms with Crippen molar-refractivity contribution in [3.63, 3.8) is 0 Å². The van der Waals surface area contributed by atoms with Crippen LogP contribution < -0.4 is 11.1 Å². The lowest BCUT2D eigenvalue weighted by atomic mass is 10.2. The number of rotatable bonds is 4. The van der Waals surface area contributed by atoms with E-state index in [9.17, 15) is 0 Å². The van der Waals surface area contributed by atoms with E-state index < -0.39 is 0 Å². The third kappa shape index (κ3) is 2.43. The lowest BCUT2D eigenvalue weighted by Crippen LogP contribution is -2.28. The Hall–Kier alpha value is -1.75. The summed E-state index contributed by atoms with van der Waals surface area (Å²) in [4.78, 5) is 12.6. The average Bonchev–Trinajstić information content (AvgIpc) is 2.35. The fourth-order valence-corrected chi connectivity index (χ4v) is 1.33. The molecule has 5 nitrogen and oxygen atoms in total. The zero-order valence-electron chi connectivity index (χ0n) is 9.22. The molecule has 0 saturated heterocycles. The first kappa shape index (κ1) is 10.8. The Morgan fingerprint density at radius 3 is 2.94 bits per heavy atom. The number of hydrogen-bond donors (Lipinski definition) is 2. The molecule has 2 aromatic rings. The van der Waals surface area contributed by atoms with Gasteiger partial charge >= 0.3 is 0 Å². The highest BCUT2D eigenvalue weighted by molar-refractivity contribution is 5.71. The Morgan fingerprint density at radius 1 is 1.31 bits per heavy atom. The van der Waals surface area contributed by atoms with Crippen molar-refractivity contribution in [2.24, 2.45) is 5.73 Å². The van der Waals surface area contributed by atoms with Crippen LogP contribution in [0.4, 0.5) is 5.82 Å². The van der Waals surface area contributed by atoms with Gasteiger partial charge in [-0.15, -0.1) is 0 Å². The molecule has 2 rings (SSSR count). The standard InChI is InChI=1S/C11H15N5/c1-2-8(12)7-15-10-4-3-9-11(16-10)14-6-5-13-9/h3-6,8H,2,7,12H2,1H3,(H,14,15,16). The lowest BCUT2D eigenvalue weighted by molar-refractivity contribution is 0.678. The van der Waals surface area contributed by atoms with Crippen LogP contribution in [0, 0.1) is 0 Å². The molecule has 0 aliphatic heterocycles. The minimum absolute atomic E-state index is 0.152. The minimum atomic E-state index is 0.152. The summed E-state index contributed by atoms with van der Waals surface area (Å²) in [6.45, 7) is 2.78. The summed E-state index contributed by atoms with van der Waals surface area (Å²) in [5.41, 5.74) is 7.26. The van der Waals surface area contributed by atoms with Gasteiger partial charge in [0.2, 0.25) is 0 Å². The van der Waals surface area contributed by atoms with Gasteiger partial charge in [0, 0.05) is 25.0 Å². The number of pyridine rings is 1. The van der Waals surface area contributed by atoms with E-state index in [4.69, 9.17) is 5.73 Å². The smallest absolute Gasteiger partial charge is 0.180 e. The van der Waals surface area contributed by atoms with Crippen molar-refractivity contribution in [3.8, 4) is 0 Å². The van der Waals surface area contributed by atoms with Gasteiger partial charge in [0.05, 0.1) is 0 Å². The summed E-state index contributed by atoms with van der Waals surface area (Å²) in [5.74, 6) is 0.789. The molecule has 0 aliphatic rings. The van der Waals surface area contributed by atoms with E-state index in [1.54, 1.807) is 12.4 Å². The van der Waals surface area contributed by atoms with Crippen LogP contribution in [-0.2, 0) is 0 Å². The van der Waals surface area contributed by atoms with Crippen LogP contribution in [0.5, 0.6) is 0 Å². The Bertz CT molecular complexity index is 471. The molecule has 0 bridgehead atoms. The SMILES string of the molecule is CCC(N)CNc1ccc2nccnc2n1. The van der Waals surface area contributed by atoms with E-state index in [0.29, 0.717) is 5.65 Å². The number of nitrogens with zero attached hydrogens (tertiary/aromatic N) is 3.